The molecule has 4 nitrogen and oxygen atoms in total. The first-order valence-electron chi connectivity index (χ1n) is 10.4. The van der Waals surface area contributed by atoms with E-state index in [-0.39, 0.29) is 5.91 Å². The predicted molar refractivity (Wildman–Crippen MR) is 104 cm³/mol. The molecule has 0 spiro atoms. The van der Waals surface area contributed by atoms with Gasteiger partial charge in [0.25, 0.3) is 5.91 Å². The van der Waals surface area contributed by atoms with E-state index in [0.717, 1.165) is 31.6 Å². The zero-order valence-corrected chi connectivity index (χ0v) is 16.1. The van der Waals surface area contributed by atoms with Gasteiger partial charge in [-0.1, -0.05) is 25.3 Å². The molecule has 1 saturated carbocycles. The van der Waals surface area contributed by atoms with E-state index in [4.69, 9.17) is 9.47 Å². The lowest BCUT2D eigenvalue weighted by Crippen LogP contribution is -2.37. The number of hydrogen-bond acceptors (Lipinski definition) is 3. The van der Waals surface area contributed by atoms with Gasteiger partial charge in [0.05, 0.1) is 6.10 Å². The molecule has 1 atom stereocenters. The van der Waals surface area contributed by atoms with Crippen molar-refractivity contribution in [1.82, 2.24) is 5.32 Å². The second kappa shape index (κ2) is 9.96. The number of nitrogens with one attached hydrogen (secondary N) is 1. The number of amides is 1. The SMILES string of the molecule is C[C@H](Oc1ccc2c(c1)CCCC2)C(=O)NCCCOC1CCCCC1. The summed E-state index contributed by atoms with van der Waals surface area (Å²) < 4.78 is 11.7. The Balaban J connectivity index is 1.34. The van der Waals surface area contributed by atoms with Crippen molar-refractivity contribution in [2.24, 2.45) is 0 Å². The number of carbonyl (C=O) groups is 1. The Kier molecular flexibility index (Phi) is 7.36. The number of benzene rings is 1. The first kappa shape index (κ1) is 19.2. The van der Waals surface area contributed by atoms with Crippen molar-refractivity contribution in [2.45, 2.75) is 83.3 Å². The van der Waals surface area contributed by atoms with Gasteiger partial charge in [-0.05, 0) is 75.1 Å². The van der Waals surface area contributed by atoms with E-state index in [1.54, 1.807) is 0 Å². The van der Waals surface area contributed by atoms with E-state index in [9.17, 15) is 4.79 Å². The summed E-state index contributed by atoms with van der Waals surface area (Å²) in [7, 11) is 0. The minimum atomic E-state index is -0.476. The lowest BCUT2D eigenvalue weighted by atomic mass is 9.92. The number of hydrogen-bond donors (Lipinski definition) is 1. The van der Waals surface area contributed by atoms with Crippen molar-refractivity contribution in [3.8, 4) is 5.75 Å². The number of carbonyl (C=O) groups excluding carboxylic acids is 1. The van der Waals surface area contributed by atoms with Gasteiger partial charge in [0.1, 0.15) is 5.75 Å². The molecular formula is C22H33NO3. The highest BCUT2D eigenvalue weighted by Gasteiger charge is 2.16. The van der Waals surface area contributed by atoms with Crippen molar-refractivity contribution in [3.05, 3.63) is 29.3 Å². The van der Waals surface area contributed by atoms with Crippen molar-refractivity contribution < 1.29 is 14.3 Å². The molecule has 1 aromatic carbocycles. The Morgan fingerprint density at radius 1 is 1.12 bits per heavy atom. The largest absolute Gasteiger partial charge is 0.481 e. The maximum absolute atomic E-state index is 12.2. The fourth-order valence-corrected chi connectivity index (χ4v) is 3.95. The third-order valence-electron chi connectivity index (χ3n) is 5.53. The molecule has 1 amide bonds. The fraction of sp³-hybridized carbons (Fsp3) is 0.682. The Morgan fingerprint density at radius 3 is 2.69 bits per heavy atom. The Hall–Kier alpha value is -1.55. The normalized spacial score (nSPS) is 18.8. The molecule has 0 unspecified atom stereocenters. The summed E-state index contributed by atoms with van der Waals surface area (Å²) in [5, 5.41) is 2.96. The molecule has 0 radical (unpaired) electrons. The quantitative estimate of drug-likeness (QED) is 0.708. The molecule has 1 N–H and O–H groups in total. The maximum Gasteiger partial charge on any atom is 0.260 e. The van der Waals surface area contributed by atoms with E-state index >= 15 is 0 Å². The second-order valence-corrected chi connectivity index (χ2v) is 7.67. The summed E-state index contributed by atoms with van der Waals surface area (Å²) in [6.45, 7) is 3.18. The van der Waals surface area contributed by atoms with Crippen LogP contribution in [0.15, 0.2) is 18.2 Å². The van der Waals surface area contributed by atoms with E-state index < -0.39 is 6.10 Å². The lowest BCUT2D eigenvalue weighted by Gasteiger charge is -2.22. The van der Waals surface area contributed by atoms with Gasteiger partial charge in [-0.25, -0.2) is 0 Å². The van der Waals surface area contributed by atoms with Crippen molar-refractivity contribution in [3.63, 3.8) is 0 Å². The minimum Gasteiger partial charge on any atom is -0.481 e. The minimum absolute atomic E-state index is 0.0552. The van der Waals surface area contributed by atoms with Gasteiger partial charge < -0.3 is 14.8 Å². The Bertz CT molecular complexity index is 581. The van der Waals surface area contributed by atoms with Crippen LogP contribution in [0.2, 0.25) is 0 Å². The highest BCUT2D eigenvalue weighted by atomic mass is 16.5. The van der Waals surface area contributed by atoms with Crippen LogP contribution >= 0.6 is 0 Å². The van der Waals surface area contributed by atoms with Gasteiger partial charge in [0.15, 0.2) is 6.10 Å². The number of fused-ring (bicyclic) bond motifs is 1. The van der Waals surface area contributed by atoms with Gasteiger partial charge in [0.2, 0.25) is 0 Å². The van der Waals surface area contributed by atoms with Gasteiger partial charge in [0, 0.05) is 13.2 Å². The molecular weight excluding hydrogens is 326 g/mol. The smallest absolute Gasteiger partial charge is 0.260 e. The van der Waals surface area contributed by atoms with E-state index in [0.29, 0.717) is 12.6 Å². The highest BCUT2D eigenvalue weighted by molar-refractivity contribution is 5.80. The Morgan fingerprint density at radius 2 is 1.88 bits per heavy atom. The first-order chi connectivity index (χ1) is 12.7. The molecule has 2 aliphatic carbocycles. The zero-order chi connectivity index (χ0) is 18.2. The summed E-state index contributed by atoms with van der Waals surface area (Å²) in [5.74, 6) is 0.745. The second-order valence-electron chi connectivity index (χ2n) is 7.67. The van der Waals surface area contributed by atoms with E-state index in [1.165, 1.54) is 56.1 Å². The van der Waals surface area contributed by atoms with Crippen LogP contribution in [0.1, 0.15) is 69.4 Å². The molecule has 1 aromatic rings. The monoisotopic (exact) mass is 359 g/mol. The molecule has 0 aliphatic heterocycles. The molecule has 4 heteroatoms. The summed E-state index contributed by atoms with van der Waals surface area (Å²) in [6.07, 6.45) is 11.9. The molecule has 0 aromatic heterocycles. The van der Waals surface area contributed by atoms with Crippen molar-refractivity contribution in [1.29, 1.82) is 0 Å². The summed E-state index contributed by atoms with van der Waals surface area (Å²) >= 11 is 0. The van der Waals surface area contributed by atoms with Crippen molar-refractivity contribution >= 4 is 5.91 Å². The van der Waals surface area contributed by atoms with Gasteiger partial charge in [-0.3, -0.25) is 4.79 Å². The molecule has 144 valence electrons. The van der Waals surface area contributed by atoms with Gasteiger partial charge in [-0.2, -0.15) is 0 Å². The molecule has 1 fully saturated rings. The first-order valence-corrected chi connectivity index (χ1v) is 10.4. The van der Waals surface area contributed by atoms with Crippen LogP contribution in [0.25, 0.3) is 0 Å². The highest BCUT2D eigenvalue weighted by Crippen LogP contribution is 2.26. The summed E-state index contributed by atoms with van der Waals surface area (Å²) in [6, 6.07) is 6.25. The summed E-state index contributed by atoms with van der Waals surface area (Å²) in [4.78, 5) is 12.2. The molecule has 26 heavy (non-hydrogen) atoms. The standard InChI is InChI=1S/C22H33NO3/c1-17(26-21-13-12-18-8-5-6-9-19(18)16-21)22(24)23-14-7-15-25-20-10-3-2-4-11-20/h12-13,16-17,20H,2-11,14-15H2,1H3,(H,23,24)/t17-/m0/s1. The Labute approximate surface area is 157 Å². The third-order valence-corrected chi connectivity index (χ3v) is 5.53. The van der Waals surface area contributed by atoms with Crippen LogP contribution in [0.4, 0.5) is 0 Å². The van der Waals surface area contributed by atoms with Crippen LogP contribution in [-0.2, 0) is 22.4 Å². The van der Waals surface area contributed by atoms with Crippen LogP contribution in [0.3, 0.4) is 0 Å². The summed E-state index contributed by atoms with van der Waals surface area (Å²) in [5.41, 5.74) is 2.81. The predicted octanol–water partition coefficient (Wildman–Crippen LogP) is 4.19. The van der Waals surface area contributed by atoms with Crippen LogP contribution in [-0.4, -0.2) is 31.3 Å². The topological polar surface area (TPSA) is 47.6 Å². The average molecular weight is 360 g/mol. The molecule has 2 aliphatic rings. The third kappa shape index (κ3) is 5.73. The van der Waals surface area contributed by atoms with Crippen molar-refractivity contribution in [2.75, 3.05) is 13.2 Å². The number of aryl methyl sites for hydroxylation is 2. The van der Waals surface area contributed by atoms with Gasteiger partial charge >= 0.3 is 0 Å². The van der Waals surface area contributed by atoms with E-state index in [2.05, 4.69) is 17.4 Å². The fourth-order valence-electron chi connectivity index (χ4n) is 3.95. The van der Waals surface area contributed by atoms with Crippen LogP contribution < -0.4 is 10.1 Å². The molecule has 0 saturated heterocycles. The van der Waals surface area contributed by atoms with Crippen LogP contribution in [0, 0.1) is 0 Å². The lowest BCUT2D eigenvalue weighted by molar-refractivity contribution is -0.127. The molecule has 0 bridgehead atoms. The van der Waals surface area contributed by atoms with Gasteiger partial charge in [-0.15, -0.1) is 0 Å². The molecule has 0 heterocycles. The van der Waals surface area contributed by atoms with E-state index in [1.807, 2.05) is 13.0 Å². The number of ether oxygens (including phenoxy) is 2. The maximum atomic E-state index is 12.2. The zero-order valence-electron chi connectivity index (χ0n) is 16.1. The molecule has 3 rings (SSSR count). The average Bonchev–Trinajstić information content (AvgIpc) is 2.68. The number of rotatable bonds is 8. The van der Waals surface area contributed by atoms with Crippen LogP contribution in [0.5, 0.6) is 5.75 Å².